The van der Waals surface area contributed by atoms with E-state index in [4.69, 9.17) is 10.2 Å². The van der Waals surface area contributed by atoms with Gasteiger partial charge in [-0.25, -0.2) is 9.18 Å². The van der Waals surface area contributed by atoms with Crippen molar-refractivity contribution >= 4 is 17.8 Å². The number of hydrogen-bond acceptors (Lipinski definition) is 3. The molecule has 1 amide bonds. The van der Waals surface area contributed by atoms with E-state index in [1.165, 1.54) is 36.4 Å². The fourth-order valence-electron chi connectivity index (χ4n) is 2.42. The van der Waals surface area contributed by atoms with Crippen LogP contribution in [0.25, 0.3) is 0 Å². The standard InChI is InChI=1S/C18H16FNO5/c19-13-7-5-11(6-8-13)15(10-17(22)23)20-16(21)9-12-3-1-2-4-14(12)18(24)25/h1-8,15H,9-10H2,(H,20,21)(H,22,23)(H,24,25). The monoisotopic (exact) mass is 345 g/mol. The highest BCUT2D eigenvalue weighted by molar-refractivity contribution is 5.91. The van der Waals surface area contributed by atoms with E-state index < -0.39 is 29.7 Å². The Balaban J connectivity index is 2.16. The molecule has 3 N–H and O–H groups in total. The van der Waals surface area contributed by atoms with Crippen LogP contribution in [-0.2, 0) is 16.0 Å². The zero-order valence-corrected chi connectivity index (χ0v) is 13.1. The molecular weight excluding hydrogens is 329 g/mol. The molecular formula is C18H16FNO5. The quantitative estimate of drug-likeness (QED) is 0.715. The number of halogens is 1. The van der Waals surface area contributed by atoms with Crippen molar-refractivity contribution < 1.29 is 29.0 Å². The molecule has 25 heavy (non-hydrogen) atoms. The number of aliphatic carboxylic acids is 1. The Labute approximate surface area is 142 Å². The van der Waals surface area contributed by atoms with Crippen LogP contribution in [0.4, 0.5) is 4.39 Å². The van der Waals surface area contributed by atoms with Crippen LogP contribution in [0.5, 0.6) is 0 Å². The van der Waals surface area contributed by atoms with Crippen LogP contribution >= 0.6 is 0 Å². The lowest BCUT2D eigenvalue weighted by Gasteiger charge is -2.18. The first-order valence-electron chi connectivity index (χ1n) is 7.44. The molecule has 2 aromatic rings. The van der Waals surface area contributed by atoms with Crippen molar-refractivity contribution in [1.82, 2.24) is 5.32 Å². The summed E-state index contributed by atoms with van der Waals surface area (Å²) in [6, 6.07) is 10.4. The van der Waals surface area contributed by atoms with E-state index in [-0.39, 0.29) is 18.4 Å². The minimum absolute atomic E-state index is 0.00853. The second kappa shape index (κ2) is 8.05. The number of rotatable bonds is 7. The van der Waals surface area contributed by atoms with Crippen molar-refractivity contribution in [2.45, 2.75) is 18.9 Å². The lowest BCUT2D eigenvalue weighted by molar-refractivity contribution is -0.137. The van der Waals surface area contributed by atoms with E-state index in [1.54, 1.807) is 12.1 Å². The number of aromatic carboxylic acids is 1. The maximum Gasteiger partial charge on any atom is 0.335 e. The predicted molar refractivity (Wildman–Crippen MR) is 86.6 cm³/mol. The van der Waals surface area contributed by atoms with Gasteiger partial charge in [-0.2, -0.15) is 0 Å². The van der Waals surface area contributed by atoms with Crippen LogP contribution in [0.15, 0.2) is 48.5 Å². The van der Waals surface area contributed by atoms with E-state index >= 15 is 0 Å². The van der Waals surface area contributed by atoms with Gasteiger partial charge in [0.15, 0.2) is 0 Å². The molecule has 2 aromatic carbocycles. The Morgan fingerprint density at radius 2 is 1.64 bits per heavy atom. The first kappa shape index (κ1) is 18.1. The summed E-state index contributed by atoms with van der Waals surface area (Å²) in [5, 5.41) is 20.7. The second-order valence-corrected chi connectivity index (χ2v) is 5.41. The number of carbonyl (C=O) groups is 3. The molecule has 0 heterocycles. The summed E-state index contributed by atoms with van der Waals surface area (Å²) < 4.78 is 13.0. The number of nitrogens with one attached hydrogen (secondary N) is 1. The van der Waals surface area contributed by atoms with Gasteiger partial charge in [-0.1, -0.05) is 30.3 Å². The van der Waals surface area contributed by atoms with Crippen molar-refractivity contribution in [1.29, 1.82) is 0 Å². The van der Waals surface area contributed by atoms with Crippen LogP contribution in [0.1, 0.15) is 33.9 Å². The maximum absolute atomic E-state index is 13.0. The molecule has 0 aromatic heterocycles. The van der Waals surface area contributed by atoms with Gasteiger partial charge >= 0.3 is 11.9 Å². The van der Waals surface area contributed by atoms with Gasteiger partial charge < -0.3 is 15.5 Å². The van der Waals surface area contributed by atoms with Crippen molar-refractivity contribution in [2.75, 3.05) is 0 Å². The zero-order chi connectivity index (χ0) is 18.4. The highest BCUT2D eigenvalue weighted by Crippen LogP contribution is 2.18. The first-order chi connectivity index (χ1) is 11.9. The molecule has 0 radical (unpaired) electrons. The van der Waals surface area contributed by atoms with Gasteiger partial charge in [0.05, 0.1) is 24.4 Å². The lowest BCUT2D eigenvalue weighted by Crippen LogP contribution is -2.31. The topological polar surface area (TPSA) is 104 Å². The molecule has 0 aliphatic heterocycles. The second-order valence-electron chi connectivity index (χ2n) is 5.41. The molecule has 130 valence electrons. The van der Waals surface area contributed by atoms with Gasteiger partial charge in [-0.05, 0) is 29.3 Å². The number of carbonyl (C=O) groups excluding carboxylic acids is 1. The van der Waals surface area contributed by atoms with Gasteiger partial charge in [0.25, 0.3) is 0 Å². The summed E-state index contributed by atoms with van der Waals surface area (Å²) in [6.45, 7) is 0. The molecule has 0 fully saturated rings. The summed E-state index contributed by atoms with van der Waals surface area (Å²) in [7, 11) is 0. The van der Waals surface area contributed by atoms with E-state index in [9.17, 15) is 18.8 Å². The largest absolute Gasteiger partial charge is 0.481 e. The first-order valence-corrected chi connectivity index (χ1v) is 7.44. The fourth-order valence-corrected chi connectivity index (χ4v) is 2.42. The van der Waals surface area contributed by atoms with Gasteiger partial charge in [0, 0.05) is 0 Å². The number of carboxylic acids is 2. The Kier molecular flexibility index (Phi) is 5.84. The van der Waals surface area contributed by atoms with Crippen LogP contribution in [-0.4, -0.2) is 28.1 Å². The molecule has 7 heteroatoms. The van der Waals surface area contributed by atoms with Crippen molar-refractivity contribution in [2.24, 2.45) is 0 Å². The lowest BCUT2D eigenvalue weighted by atomic mass is 10.0. The van der Waals surface area contributed by atoms with Crippen LogP contribution in [0, 0.1) is 5.82 Å². The highest BCUT2D eigenvalue weighted by atomic mass is 19.1. The molecule has 0 aliphatic carbocycles. The summed E-state index contributed by atoms with van der Waals surface area (Å²) in [5.41, 5.74) is 0.776. The summed E-state index contributed by atoms with van der Waals surface area (Å²) >= 11 is 0. The van der Waals surface area contributed by atoms with Crippen molar-refractivity contribution in [3.05, 3.63) is 71.0 Å². The average molecular weight is 345 g/mol. The molecule has 0 saturated carbocycles. The van der Waals surface area contributed by atoms with Gasteiger partial charge in [-0.15, -0.1) is 0 Å². The average Bonchev–Trinajstić information content (AvgIpc) is 2.54. The van der Waals surface area contributed by atoms with Crippen LogP contribution < -0.4 is 5.32 Å². The molecule has 6 nitrogen and oxygen atoms in total. The molecule has 0 saturated heterocycles. The third-order valence-electron chi connectivity index (χ3n) is 3.59. The zero-order valence-electron chi connectivity index (χ0n) is 13.1. The molecule has 1 unspecified atom stereocenters. The molecule has 0 aliphatic rings. The Hall–Kier alpha value is -3.22. The smallest absolute Gasteiger partial charge is 0.335 e. The van der Waals surface area contributed by atoms with E-state index in [0.717, 1.165) is 0 Å². The van der Waals surface area contributed by atoms with E-state index in [1.807, 2.05) is 0 Å². The molecule has 1 atom stereocenters. The normalized spacial score (nSPS) is 11.6. The van der Waals surface area contributed by atoms with E-state index in [2.05, 4.69) is 5.32 Å². The van der Waals surface area contributed by atoms with E-state index in [0.29, 0.717) is 11.1 Å². The Morgan fingerprint density at radius 1 is 1.00 bits per heavy atom. The SMILES string of the molecule is O=C(O)CC(NC(=O)Cc1ccccc1C(=O)O)c1ccc(F)cc1. The minimum Gasteiger partial charge on any atom is -0.481 e. The molecule has 0 bridgehead atoms. The minimum atomic E-state index is -1.15. The highest BCUT2D eigenvalue weighted by Gasteiger charge is 2.20. The Morgan fingerprint density at radius 3 is 2.24 bits per heavy atom. The fraction of sp³-hybridized carbons (Fsp3) is 0.167. The third kappa shape index (κ3) is 5.13. The number of hydrogen-bond donors (Lipinski definition) is 3. The van der Waals surface area contributed by atoms with Crippen molar-refractivity contribution in [3.8, 4) is 0 Å². The molecule has 0 spiro atoms. The van der Waals surface area contributed by atoms with Crippen LogP contribution in [0.2, 0.25) is 0 Å². The number of carboxylic acid groups (broad SMARTS) is 2. The number of amides is 1. The number of benzene rings is 2. The van der Waals surface area contributed by atoms with Gasteiger partial charge in [0.1, 0.15) is 5.82 Å². The van der Waals surface area contributed by atoms with Crippen molar-refractivity contribution in [3.63, 3.8) is 0 Å². The van der Waals surface area contributed by atoms with Gasteiger partial charge in [-0.3, -0.25) is 9.59 Å². The summed E-state index contributed by atoms with van der Waals surface area (Å²) in [4.78, 5) is 34.5. The summed E-state index contributed by atoms with van der Waals surface area (Å²) in [5.74, 6) is -3.27. The van der Waals surface area contributed by atoms with Gasteiger partial charge in [0.2, 0.25) is 5.91 Å². The van der Waals surface area contributed by atoms with Crippen LogP contribution in [0.3, 0.4) is 0 Å². The maximum atomic E-state index is 13.0. The predicted octanol–water partition coefficient (Wildman–Crippen LogP) is 2.40. The molecule has 2 rings (SSSR count). The third-order valence-corrected chi connectivity index (χ3v) is 3.59. The Bertz CT molecular complexity index is 788. The summed E-state index contributed by atoms with van der Waals surface area (Å²) in [6.07, 6.45) is -0.586.